The Kier molecular flexibility index (Phi) is 5.10. The molecule has 0 spiro atoms. The first-order valence-corrected chi connectivity index (χ1v) is 11.6. The number of halogens is 3. The number of imidazole rings is 1. The van der Waals surface area contributed by atoms with Gasteiger partial charge in [0.05, 0.1) is 17.5 Å². The van der Waals surface area contributed by atoms with Gasteiger partial charge in [0.2, 0.25) is 5.88 Å². The Balaban J connectivity index is 1.35. The number of nitrogens with zero attached hydrogens (tertiary/aromatic N) is 5. The van der Waals surface area contributed by atoms with Crippen LogP contribution in [0, 0.1) is 6.92 Å². The van der Waals surface area contributed by atoms with Crippen molar-refractivity contribution < 1.29 is 17.9 Å². The van der Waals surface area contributed by atoms with Crippen molar-refractivity contribution in [3.05, 3.63) is 83.9 Å². The number of aromatic nitrogens is 5. The predicted molar refractivity (Wildman–Crippen MR) is 129 cm³/mol. The largest absolute Gasteiger partial charge is 0.439 e. The van der Waals surface area contributed by atoms with Crippen LogP contribution in [0.2, 0.25) is 0 Å². The van der Waals surface area contributed by atoms with Crippen molar-refractivity contribution in [3.63, 3.8) is 0 Å². The van der Waals surface area contributed by atoms with Crippen LogP contribution in [-0.4, -0.2) is 24.3 Å². The topological polar surface area (TPSA) is 57.8 Å². The summed E-state index contributed by atoms with van der Waals surface area (Å²) in [6.45, 7) is 1.58. The van der Waals surface area contributed by atoms with Gasteiger partial charge in [-0.3, -0.25) is 0 Å². The fraction of sp³-hybridized carbons (Fsp3) is 0.222. The molecule has 6 nitrogen and oxygen atoms in total. The first-order valence-electron chi connectivity index (χ1n) is 11.6. The molecule has 0 unspecified atom stereocenters. The maximum Gasteiger partial charge on any atom is 0.435 e. The molecule has 2 aromatic carbocycles. The zero-order valence-corrected chi connectivity index (χ0v) is 19.6. The molecule has 1 aliphatic carbocycles. The number of aryl methyl sites for hydroxylation is 2. The van der Waals surface area contributed by atoms with E-state index in [1.165, 1.54) is 23.1 Å². The molecule has 0 bridgehead atoms. The van der Waals surface area contributed by atoms with Crippen LogP contribution in [0.25, 0.3) is 28.0 Å². The monoisotopic (exact) mass is 489 g/mol. The fourth-order valence-electron chi connectivity index (χ4n) is 4.46. The molecule has 0 radical (unpaired) electrons. The van der Waals surface area contributed by atoms with Gasteiger partial charge in [0.15, 0.2) is 5.69 Å². The van der Waals surface area contributed by atoms with Gasteiger partial charge in [0.25, 0.3) is 0 Å². The van der Waals surface area contributed by atoms with Crippen molar-refractivity contribution in [2.24, 2.45) is 7.05 Å². The first-order chi connectivity index (χ1) is 17.3. The number of rotatable bonds is 5. The molecule has 36 heavy (non-hydrogen) atoms. The lowest BCUT2D eigenvalue weighted by Gasteiger charge is -2.12. The summed E-state index contributed by atoms with van der Waals surface area (Å²) >= 11 is 0. The number of hydrogen-bond acceptors (Lipinski definition) is 4. The van der Waals surface area contributed by atoms with Crippen molar-refractivity contribution >= 4 is 11.0 Å². The summed E-state index contributed by atoms with van der Waals surface area (Å²) in [5.41, 5.74) is 4.77. The number of fused-ring (bicyclic) bond motifs is 1. The Labute approximate surface area is 205 Å². The van der Waals surface area contributed by atoms with Crippen LogP contribution in [-0.2, 0) is 13.2 Å². The van der Waals surface area contributed by atoms with Crippen LogP contribution in [0.5, 0.6) is 11.6 Å². The van der Waals surface area contributed by atoms with Crippen molar-refractivity contribution in [3.8, 4) is 28.6 Å². The molecular formula is C27H22F3N5O. The maximum atomic E-state index is 13.0. The molecule has 0 aliphatic heterocycles. The van der Waals surface area contributed by atoms with E-state index in [-0.39, 0.29) is 0 Å². The highest BCUT2D eigenvalue weighted by Gasteiger charge is 2.34. The van der Waals surface area contributed by atoms with Gasteiger partial charge in [0.1, 0.15) is 17.0 Å². The average molecular weight is 490 g/mol. The molecule has 3 heterocycles. The second kappa shape index (κ2) is 8.22. The molecule has 3 aromatic heterocycles. The second-order valence-electron chi connectivity index (χ2n) is 9.07. The quantitative estimate of drug-likeness (QED) is 0.272. The van der Waals surface area contributed by atoms with E-state index >= 15 is 0 Å². The van der Waals surface area contributed by atoms with Crippen LogP contribution in [0.4, 0.5) is 13.2 Å². The SMILES string of the molecule is Cc1cc(C(F)(F)F)nn1-c1ccc(Oc2cc3c(ncn3C)c(-c3ccccc3C3CC3)n2)cc1. The van der Waals surface area contributed by atoms with E-state index in [9.17, 15) is 13.2 Å². The highest BCUT2D eigenvalue weighted by Crippen LogP contribution is 2.45. The third kappa shape index (κ3) is 4.00. The number of hydrogen-bond donors (Lipinski definition) is 0. The van der Waals surface area contributed by atoms with Crippen molar-refractivity contribution in [1.29, 1.82) is 0 Å². The molecule has 1 saturated carbocycles. The molecule has 0 saturated heterocycles. The summed E-state index contributed by atoms with van der Waals surface area (Å²) < 4.78 is 48.4. The third-order valence-electron chi connectivity index (χ3n) is 6.40. The second-order valence-corrected chi connectivity index (χ2v) is 9.07. The van der Waals surface area contributed by atoms with Crippen molar-refractivity contribution in [2.45, 2.75) is 31.9 Å². The van der Waals surface area contributed by atoms with E-state index in [4.69, 9.17) is 9.72 Å². The standard InChI is InChI=1S/C27H22F3N5O/c1-16-13-23(27(28,29)30)33-35(16)18-9-11-19(12-10-18)36-24-14-22-26(31-15-34(22)2)25(32-24)21-6-4-3-5-20(21)17-7-8-17/h3-6,9-15,17H,7-8H2,1-2H3. The van der Waals surface area contributed by atoms with Crippen LogP contribution in [0.15, 0.2) is 67.0 Å². The normalized spacial score (nSPS) is 13.9. The summed E-state index contributed by atoms with van der Waals surface area (Å²) in [5.74, 6) is 1.46. The van der Waals surface area contributed by atoms with Gasteiger partial charge < -0.3 is 9.30 Å². The van der Waals surface area contributed by atoms with Gasteiger partial charge in [-0.2, -0.15) is 18.3 Å². The molecule has 9 heteroatoms. The smallest absolute Gasteiger partial charge is 0.435 e. The van der Waals surface area contributed by atoms with E-state index in [1.54, 1.807) is 37.5 Å². The lowest BCUT2D eigenvalue weighted by atomic mass is 9.99. The number of ether oxygens (including phenoxy) is 1. The predicted octanol–water partition coefficient (Wildman–Crippen LogP) is 6.82. The Morgan fingerprint density at radius 3 is 2.44 bits per heavy atom. The van der Waals surface area contributed by atoms with Crippen LogP contribution >= 0.6 is 0 Å². The fourth-order valence-corrected chi connectivity index (χ4v) is 4.46. The molecule has 0 atom stereocenters. The minimum absolute atomic E-state index is 0.387. The van der Waals surface area contributed by atoms with Gasteiger partial charge >= 0.3 is 6.18 Å². The average Bonchev–Trinajstić information content (AvgIpc) is 3.53. The van der Waals surface area contributed by atoms with E-state index in [0.717, 1.165) is 28.4 Å². The summed E-state index contributed by atoms with van der Waals surface area (Å²) in [5, 5.41) is 3.70. The number of alkyl halides is 3. The van der Waals surface area contributed by atoms with Gasteiger partial charge in [0, 0.05) is 24.4 Å². The highest BCUT2D eigenvalue weighted by atomic mass is 19.4. The molecule has 0 N–H and O–H groups in total. The molecule has 5 aromatic rings. The Hall–Kier alpha value is -4.14. The minimum atomic E-state index is -4.50. The zero-order chi connectivity index (χ0) is 25.0. The van der Waals surface area contributed by atoms with Gasteiger partial charge in [-0.05, 0) is 61.6 Å². The van der Waals surface area contributed by atoms with Crippen LogP contribution in [0.1, 0.15) is 35.7 Å². The summed E-state index contributed by atoms with van der Waals surface area (Å²) in [6.07, 6.45) is -0.392. The molecule has 6 rings (SSSR count). The van der Waals surface area contributed by atoms with Gasteiger partial charge in [-0.1, -0.05) is 24.3 Å². The summed E-state index contributed by atoms with van der Waals surface area (Å²) in [7, 11) is 1.92. The molecule has 182 valence electrons. The van der Waals surface area contributed by atoms with Crippen LogP contribution < -0.4 is 4.74 Å². The van der Waals surface area contributed by atoms with E-state index in [2.05, 4.69) is 22.2 Å². The summed E-state index contributed by atoms with van der Waals surface area (Å²) in [4.78, 5) is 9.43. The molecule has 0 amide bonds. The lowest BCUT2D eigenvalue weighted by Crippen LogP contribution is -2.07. The van der Waals surface area contributed by atoms with Crippen LogP contribution in [0.3, 0.4) is 0 Å². The number of pyridine rings is 1. The van der Waals surface area contributed by atoms with E-state index in [0.29, 0.717) is 28.9 Å². The Morgan fingerprint density at radius 2 is 1.75 bits per heavy atom. The van der Waals surface area contributed by atoms with Gasteiger partial charge in [-0.25, -0.2) is 14.6 Å². The number of benzene rings is 2. The first kappa shape index (κ1) is 22.3. The van der Waals surface area contributed by atoms with Crippen molar-refractivity contribution in [1.82, 2.24) is 24.3 Å². The third-order valence-corrected chi connectivity index (χ3v) is 6.40. The molecular weight excluding hydrogens is 467 g/mol. The van der Waals surface area contributed by atoms with E-state index < -0.39 is 11.9 Å². The van der Waals surface area contributed by atoms with E-state index in [1.807, 2.05) is 29.8 Å². The highest BCUT2D eigenvalue weighted by molar-refractivity contribution is 5.91. The Bertz CT molecular complexity index is 1580. The molecule has 1 fully saturated rings. The zero-order valence-electron chi connectivity index (χ0n) is 19.6. The lowest BCUT2D eigenvalue weighted by molar-refractivity contribution is -0.141. The maximum absolute atomic E-state index is 13.0. The minimum Gasteiger partial charge on any atom is -0.439 e. The Morgan fingerprint density at radius 1 is 1.00 bits per heavy atom. The van der Waals surface area contributed by atoms with Crippen molar-refractivity contribution in [2.75, 3.05) is 0 Å². The summed E-state index contributed by atoms with van der Waals surface area (Å²) in [6, 6.07) is 17.9. The molecule has 1 aliphatic rings. The van der Waals surface area contributed by atoms with Gasteiger partial charge in [-0.15, -0.1) is 0 Å².